The molecule has 1 aromatic carbocycles. The highest BCUT2D eigenvalue weighted by Gasteiger charge is 2.25. The molecule has 0 unspecified atom stereocenters. The van der Waals surface area contributed by atoms with Gasteiger partial charge in [-0.2, -0.15) is 4.98 Å². The molecule has 0 aliphatic rings. The predicted octanol–water partition coefficient (Wildman–Crippen LogP) is 2.89. The predicted molar refractivity (Wildman–Crippen MR) is 132 cm³/mol. The van der Waals surface area contributed by atoms with Crippen molar-refractivity contribution >= 4 is 16.9 Å². The third kappa shape index (κ3) is 3.85. The number of nitrogens with zero attached hydrogens (tertiary/aromatic N) is 5. The maximum Gasteiger partial charge on any atom is 0.332 e. The zero-order valence-electron chi connectivity index (χ0n) is 20.0. The average molecular weight is 466 g/mol. The zero-order chi connectivity index (χ0) is 24.4. The molecule has 3 aromatic heterocycles. The maximum absolute atomic E-state index is 13.6. The molecule has 0 saturated carbocycles. The SMILES string of the molecule is CCCCc1c(O)n(Cc2ccccc2)c2nc3c(c(=O)n(CCC)c(=O)n3CCC)n2c1=O. The van der Waals surface area contributed by atoms with Crippen molar-refractivity contribution in [3.8, 4) is 5.88 Å². The van der Waals surface area contributed by atoms with E-state index in [-0.39, 0.29) is 41.5 Å². The molecule has 0 spiro atoms. The van der Waals surface area contributed by atoms with Gasteiger partial charge in [-0.1, -0.05) is 57.5 Å². The van der Waals surface area contributed by atoms with Gasteiger partial charge in [-0.3, -0.25) is 23.3 Å². The Labute approximate surface area is 196 Å². The fourth-order valence-corrected chi connectivity index (χ4v) is 4.42. The van der Waals surface area contributed by atoms with Gasteiger partial charge in [0.1, 0.15) is 0 Å². The number of aromatic nitrogens is 5. The summed E-state index contributed by atoms with van der Waals surface area (Å²) >= 11 is 0. The van der Waals surface area contributed by atoms with Crippen LogP contribution in [0.5, 0.6) is 5.88 Å². The van der Waals surface area contributed by atoms with E-state index in [4.69, 9.17) is 0 Å². The number of hydrogen-bond donors (Lipinski definition) is 1. The van der Waals surface area contributed by atoms with Gasteiger partial charge < -0.3 is 5.11 Å². The molecule has 0 atom stereocenters. The van der Waals surface area contributed by atoms with Crippen molar-refractivity contribution < 1.29 is 5.11 Å². The Hall–Kier alpha value is -3.62. The highest BCUT2D eigenvalue weighted by molar-refractivity contribution is 5.75. The topological polar surface area (TPSA) is 104 Å². The van der Waals surface area contributed by atoms with E-state index in [1.807, 2.05) is 51.1 Å². The first-order valence-corrected chi connectivity index (χ1v) is 12.0. The Bertz CT molecular complexity index is 1510. The van der Waals surface area contributed by atoms with E-state index in [1.54, 1.807) is 4.57 Å². The molecule has 4 aromatic rings. The number of fused-ring (bicyclic) bond motifs is 3. The van der Waals surface area contributed by atoms with Gasteiger partial charge in [-0.05, 0) is 31.2 Å². The Kier molecular flexibility index (Phi) is 6.72. The molecule has 4 rings (SSSR count). The summed E-state index contributed by atoms with van der Waals surface area (Å²) in [5.41, 5.74) is -0.00411. The molecule has 1 N–H and O–H groups in total. The lowest BCUT2D eigenvalue weighted by atomic mass is 10.1. The Morgan fingerprint density at radius 1 is 0.853 bits per heavy atom. The number of aromatic hydroxyl groups is 1. The van der Waals surface area contributed by atoms with Crippen LogP contribution in [-0.2, 0) is 26.1 Å². The first kappa shape index (κ1) is 23.5. The van der Waals surface area contributed by atoms with Crippen LogP contribution in [0.1, 0.15) is 57.6 Å². The van der Waals surface area contributed by atoms with Crippen LogP contribution in [0.2, 0.25) is 0 Å². The highest BCUT2D eigenvalue weighted by atomic mass is 16.3. The first-order chi connectivity index (χ1) is 16.4. The summed E-state index contributed by atoms with van der Waals surface area (Å²) in [5.74, 6) is 0.000541. The van der Waals surface area contributed by atoms with Gasteiger partial charge in [-0.25, -0.2) is 9.20 Å². The molecule has 0 saturated heterocycles. The van der Waals surface area contributed by atoms with E-state index < -0.39 is 16.8 Å². The number of benzene rings is 1. The van der Waals surface area contributed by atoms with Crippen molar-refractivity contribution in [3.05, 3.63) is 72.7 Å². The van der Waals surface area contributed by atoms with Gasteiger partial charge in [0.2, 0.25) is 11.7 Å². The summed E-state index contributed by atoms with van der Waals surface area (Å²) in [4.78, 5) is 44.9. The summed E-state index contributed by atoms with van der Waals surface area (Å²) in [5, 5.41) is 11.2. The van der Waals surface area contributed by atoms with Crippen molar-refractivity contribution in [2.75, 3.05) is 0 Å². The molecule has 0 aliphatic carbocycles. The van der Waals surface area contributed by atoms with Crippen LogP contribution in [0.4, 0.5) is 0 Å². The summed E-state index contributed by atoms with van der Waals surface area (Å²) < 4.78 is 5.51. The van der Waals surface area contributed by atoms with Crippen LogP contribution in [-0.4, -0.2) is 28.2 Å². The molecule has 0 fully saturated rings. The minimum atomic E-state index is -0.530. The highest BCUT2D eigenvalue weighted by Crippen LogP contribution is 2.23. The summed E-state index contributed by atoms with van der Waals surface area (Å²) in [6.45, 7) is 6.72. The quantitative estimate of drug-likeness (QED) is 0.409. The average Bonchev–Trinajstić information content (AvgIpc) is 3.23. The third-order valence-corrected chi connectivity index (χ3v) is 6.09. The third-order valence-electron chi connectivity index (χ3n) is 6.09. The molecule has 34 heavy (non-hydrogen) atoms. The van der Waals surface area contributed by atoms with Crippen molar-refractivity contribution in [1.29, 1.82) is 0 Å². The maximum atomic E-state index is 13.6. The summed E-state index contributed by atoms with van der Waals surface area (Å²) in [6, 6.07) is 9.54. The fourth-order valence-electron chi connectivity index (χ4n) is 4.42. The minimum Gasteiger partial charge on any atom is -0.494 e. The second-order valence-corrected chi connectivity index (χ2v) is 8.59. The molecular formula is C25H31N5O4. The van der Waals surface area contributed by atoms with E-state index in [9.17, 15) is 19.5 Å². The summed E-state index contributed by atoms with van der Waals surface area (Å²) in [6.07, 6.45) is 3.20. The van der Waals surface area contributed by atoms with E-state index in [0.29, 0.717) is 32.2 Å². The number of aryl methyl sites for hydroxylation is 1. The molecule has 9 nitrogen and oxygen atoms in total. The number of imidazole rings is 1. The van der Waals surface area contributed by atoms with Crippen LogP contribution in [0.3, 0.4) is 0 Å². The van der Waals surface area contributed by atoms with E-state index >= 15 is 0 Å². The van der Waals surface area contributed by atoms with Crippen LogP contribution in [0, 0.1) is 0 Å². The van der Waals surface area contributed by atoms with E-state index in [1.165, 1.54) is 13.5 Å². The number of rotatable bonds is 9. The Balaban J connectivity index is 2.18. The van der Waals surface area contributed by atoms with Crippen LogP contribution in [0.25, 0.3) is 16.9 Å². The van der Waals surface area contributed by atoms with Gasteiger partial charge in [0, 0.05) is 13.1 Å². The monoisotopic (exact) mass is 465 g/mol. The van der Waals surface area contributed by atoms with Gasteiger partial charge in [-0.15, -0.1) is 0 Å². The molecular weight excluding hydrogens is 434 g/mol. The number of hydrogen-bond acceptors (Lipinski definition) is 5. The molecule has 180 valence electrons. The molecule has 0 radical (unpaired) electrons. The molecule has 0 amide bonds. The normalized spacial score (nSPS) is 11.6. The first-order valence-electron chi connectivity index (χ1n) is 12.0. The fraction of sp³-hybridized carbons (Fsp3) is 0.440. The standard InChI is InChI=1S/C25H31N5O4/c1-4-7-13-18-21(31)29(16-17-11-9-8-10-12-17)24-26-20-19(30(24)22(18)32)23(33)28(15-6-3)25(34)27(20)14-5-2/h8-12,31H,4-7,13-16H2,1-3H3. The van der Waals surface area contributed by atoms with Crippen molar-refractivity contribution in [2.45, 2.75) is 72.5 Å². The van der Waals surface area contributed by atoms with Gasteiger partial charge in [0.05, 0.1) is 12.1 Å². The molecule has 9 heteroatoms. The lowest BCUT2D eigenvalue weighted by Crippen LogP contribution is -2.41. The van der Waals surface area contributed by atoms with Crippen LogP contribution in [0.15, 0.2) is 44.7 Å². The lowest BCUT2D eigenvalue weighted by Gasteiger charge is -2.14. The smallest absolute Gasteiger partial charge is 0.332 e. The van der Waals surface area contributed by atoms with Gasteiger partial charge >= 0.3 is 5.69 Å². The van der Waals surface area contributed by atoms with Crippen molar-refractivity contribution in [3.63, 3.8) is 0 Å². The van der Waals surface area contributed by atoms with Crippen LogP contribution < -0.4 is 16.8 Å². The van der Waals surface area contributed by atoms with Crippen LogP contribution >= 0.6 is 0 Å². The Morgan fingerprint density at radius 2 is 1.53 bits per heavy atom. The van der Waals surface area contributed by atoms with Crippen molar-refractivity contribution in [1.82, 2.24) is 23.1 Å². The van der Waals surface area contributed by atoms with Crippen molar-refractivity contribution in [2.24, 2.45) is 0 Å². The van der Waals surface area contributed by atoms with E-state index in [0.717, 1.165) is 12.0 Å². The second kappa shape index (κ2) is 9.70. The largest absolute Gasteiger partial charge is 0.494 e. The zero-order valence-corrected chi connectivity index (χ0v) is 20.0. The van der Waals surface area contributed by atoms with Gasteiger partial charge in [0.15, 0.2) is 11.2 Å². The molecule has 3 heterocycles. The minimum absolute atomic E-state index is 0.0843. The number of unbranched alkanes of at least 4 members (excludes halogenated alkanes) is 1. The molecule has 0 bridgehead atoms. The summed E-state index contributed by atoms with van der Waals surface area (Å²) in [7, 11) is 0. The Morgan fingerprint density at radius 3 is 2.18 bits per heavy atom. The second-order valence-electron chi connectivity index (χ2n) is 8.59. The van der Waals surface area contributed by atoms with E-state index in [2.05, 4.69) is 4.98 Å². The lowest BCUT2D eigenvalue weighted by molar-refractivity contribution is 0.410. The van der Waals surface area contributed by atoms with Gasteiger partial charge in [0.25, 0.3) is 11.1 Å². The molecule has 0 aliphatic heterocycles.